The molecule has 120 valence electrons. The van der Waals surface area contributed by atoms with Crippen LogP contribution in [-0.4, -0.2) is 15.2 Å². The van der Waals surface area contributed by atoms with Crippen molar-refractivity contribution in [1.82, 2.24) is 0 Å². The Balaban J connectivity index is 2.01. The number of halogens is 1. The van der Waals surface area contributed by atoms with Crippen LogP contribution in [0.2, 0.25) is 0 Å². The Bertz CT molecular complexity index is 898. The van der Waals surface area contributed by atoms with Crippen molar-refractivity contribution >= 4 is 51.7 Å². The lowest BCUT2D eigenvalue weighted by molar-refractivity contribution is -0.385. The van der Waals surface area contributed by atoms with Gasteiger partial charge in [-0.15, -0.1) is 0 Å². The minimum Gasteiger partial charge on any atom is -0.268 e. The second-order valence-corrected chi connectivity index (χ2v) is 6.46. The van der Waals surface area contributed by atoms with Crippen LogP contribution in [0.4, 0.5) is 15.8 Å². The summed E-state index contributed by atoms with van der Waals surface area (Å²) in [7, 11) is 0. The molecule has 0 saturated carbocycles. The Hall–Kier alpha value is -2.58. The third kappa shape index (κ3) is 2.93. The number of amides is 1. The maximum absolute atomic E-state index is 13.9. The topological polar surface area (TPSA) is 63.4 Å². The SMILES string of the molecule is O=C1C(=Cc2ccccc2[N+](=O)[O-])SC(=S)N1c1ccccc1F. The van der Waals surface area contributed by atoms with Crippen LogP contribution in [0.15, 0.2) is 53.4 Å². The molecule has 0 aromatic heterocycles. The first kappa shape index (κ1) is 16.3. The van der Waals surface area contributed by atoms with Crippen LogP contribution >= 0.6 is 24.0 Å². The van der Waals surface area contributed by atoms with Gasteiger partial charge in [-0.25, -0.2) is 4.39 Å². The number of anilines is 1. The predicted molar refractivity (Wildman–Crippen MR) is 95.1 cm³/mol. The molecule has 1 fully saturated rings. The van der Waals surface area contributed by atoms with E-state index in [1.807, 2.05) is 0 Å². The molecule has 0 bridgehead atoms. The number of hydrogen-bond acceptors (Lipinski definition) is 5. The number of nitro groups is 1. The molecule has 1 aliphatic heterocycles. The molecule has 0 unspecified atom stereocenters. The summed E-state index contributed by atoms with van der Waals surface area (Å²) in [6, 6.07) is 11.9. The summed E-state index contributed by atoms with van der Waals surface area (Å²) in [6.07, 6.45) is 1.40. The van der Waals surface area contributed by atoms with Crippen LogP contribution in [0.5, 0.6) is 0 Å². The molecule has 0 spiro atoms. The Labute approximate surface area is 145 Å². The molecule has 1 heterocycles. The molecular weight excluding hydrogens is 351 g/mol. The van der Waals surface area contributed by atoms with Gasteiger partial charge in [0.25, 0.3) is 11.6 Å². The predicted octanol–water partition coefficient (Wildman–Crippen LogP) is 4.14. The number of thioether (sulfide) groups is 1. The number of para-hydroxylation sites is 2. The zero-order valence-corrected chi connectivity index (χ0v) is 13.6. The molecule has 0 atom stereocenters. The fourth-order valence-electron chi connectivity index (χ4n) is 2.23. The standard InChI is InChI=1S/C16H9FN2O3S2/c17-11-6-2-4-8-13(11)18-15(20)14(24-16(18)23)9-10-5-1-3-7-12(10)19(21)22/h1-9H. The normalized spacial score (nSPS) is 16.0. The van der Waals surface area contributed by atoms with E-state index < -0.39 is 16.6 Å². The molecule has 1 saturated heterocycles. The summed E-state index contributed by atoms with van der Waals surface area (Å²) >= 11 is 6.14. The Kier molecular flexibility index (Phi) is 4.41. The van der Waals surface area contributed by atoms with E-state index in [9.17, 15) is 19.3 Å². The van der Waals surface area contributed by atoms with Crippen molar-refractivity contribution in [2.45, 2.75) is 0 Å². The van der Waals surface area contributed by atoms with E-state index in [0.717, 1.165) is 16.7 Å². The number of rotatable bonds is 3. The molecule has 5 nitrogen and oxygen atoms in total. The number of nitrogens with zero attached hydrogens (tertiary/aromatic N) is 2. The monoisotopic (exact) mass is 360 g/mol. The summed E-state index contributed by atoms with van der Waals surface area (Å²) in [5.74, 6) is -1.08. The largest absolute Gasteiger partial charge is 0.276 e. The van der Waals surface area contributed by atoms with Gasteiger partial charge >= 0.3 is 0 Å². The highest BCUT2D eigenvalue weighted by Crippen LogP contribution is 2.37. The van der Waals surface area contributed by atoms with Crippen LogP contribution in [0.1, 0.15) is 5.56 Å². The molecular formula is C16H9FN2O3S2. The van der Waals surface area contributed by atoms with Crippen LogP contribution in [0.3, 0.4) is 0 Å². The number of hydrogen-bond donors (Lipinski definition) is 0. The zero-order valence-electron chi connectivity index (χ0n) is 12.0. The second-order valence-electron chi connectivity index (χ2n) is 4.78. The van der Waals surface area contributed by atoms with Gasteiger partial charge in [-0.1, -0.05) is 48.2 Å². The first-order valence-electron chi connectivity index (χ1n) is 6.75. The van der Waals surface area contributed by atoms with Gasteiger partial charge in [0.15, 0.2) is 4.32 Å². The van der Waals surface area contributed by atoms with E-state index in [2.05, 4.69) is 0 Å². The van der Waals surface area contributed by atoms with Crippen molar-refractivity contribution in [3.8, 4) is 0 Å². The van der Waals surface area contributed by atoms with E-state index >= 15 is 0 Å². The Morgan fingerprint density at radius 3 is 2.54 bits per heavy atom. The molecule has 2 aromatic rings. The van der Waals surface area contributed by atoms with Crippen molar-refractivity contribution in [2.24, 2.45) is 0 Å². The average Bonchev–Trinajstić information content (AvgIpc) is 2.82. The smallest absolute Gasteiger partial charge is 0.268 e. The quantitative estimate of drug-likeness (QED) is 0.356. The van der Waals surface area contributed by atoms with E-state index in [0.29, 0.717) is 0 Å². The minimum absolute atomic E-state index is 0.0611. The number of thiocarbonyl (C=S) groups is 1. The lowest BCUT2D eigenvalue weighted by Gasteiger charge is -2.14. The molecule has 1 amide bonds. The summed E-state index contributed by atoms with van der Waals surface area (Å²) in [6.45, 7) is 0. The van der Waals surface area contributed by atoms with Crippen LogP contribution in [0, 0.1) is 15.9 Å². The summed E-state index contributed by atoms with van der Waals surface area (Å²) in [5.41, 5.74) is 0.233. The van der Waals surface area contributed by atoms with Gasteiger partial charge in [0, 0.05) is 6.07 Å². The lowest BCUT2D eigenvalue weighted by Crippen LogP contribution is -2.28. The molecule has 1 aliphatic rings. The third-order valence-corrected chi connectivity index (χ3v) is 4.61. The highest BCUT2D eigenvalue weighted by atomic mass is 32.2. The molecule has 0 radical (unpaired) electrons. The molecule has 2 aromatic carbocycles. The van der Waals surface area contributed by atoms with Crippen LogP contribution in [0.25, 0.3) is 6.08 Å². The molecule has 0 aliphatic carbocycles. The first-order valence-corrected chi connectivity index (χ1v) is 7.97. The summed E-state index contributed by atoms with van der Waals surface area (Å²) < 4.78 is 14.1. The van der Waals surface area contributed by atoms with Crippen molar-refractivity contribution in [3.63, 3.8) is 0 Å². The molecule has 0 N–H and O–H groups in total. The average molecular weight is 360 g/mol. The Morgan fingerprint density at radius 1 is 1.17 bits per heavy atom. The zero-order chi connectivity index (χ0) is 17.3. The van der Waals surface area contributed by atoms with Crippen molar-refractivity contribution < 1.29 is 14.1 Å². The highest BCUT2D eigenvalue weighted by Gasteiger charge is 2.35. The third-order valence-electron chi connectivity index (χ3n) is 3.31. The fourth-order valence-corrected chi connectivity index (χ4v) is 3.50. The van der Waals surface area contributed by atoms with E-state index in [4.69, 9.17) is 12.2 Å². The number of carbonyl (C=O) groups is 1. The van der Waals surface area contributed by atoms with Gasteiger partial charge < -0.3 is 0 Å². The number of carbonyl (C=O) groups excluding carboxylic acids is 1. The molecule has 24 heavy (non-hydrogen) atoms. The van der Waals surface area contributed by atoms with Gasteiger partial charge in [-0.2, -0.15) is 0 Å². The Morgan fingerprint density at radius 2 is 1.83 bits per heavy atom. The van der Waals surface area contributed by atoms with Crippen molar-refractivity contribution in [1.29, 1.82) is 0 Å². The summed E-state index contributed by atoms with van der Waals surface area (Å²) in [5, 5.41) is 11.1. The van der Waals surface area contributed by atoms with E-state index in [1.54, 1.807) is 18.2 Å². The van der Waals surface area contributed by atoms with E-state index in [-0.39, 0.29) is 26.2 Å². The fraction of sp³-hybridized carbons (Fsp3) is 0. The lowest BCUT2D eigenvalue weighted by atomic mass is 10.1. The maximum atomic E-state index is 13.9. The van der Waals surface area contributed by atoms with Crippen molar-refractivity contribution in [3.05, 3.63) is 74.9 Å². The highest BCUT2D eigenvalue weighted by molar-refractivity contribution is 8.27. The van der Waals surface area contributed by atoms with Crippen molar-refractivity contribution in [2.75, 3.05) is 4.90 Å². The molecule has 8 heteroatoms. The van der Waals surface area contributed by atoms with Gasteiger partial charge in [-0.3, -0.25) is 19.8 Å². The minimum atomic E-state index is -0.569. The first-order chi connectivity index (χ1) is 11.5. The summed E-state index contributed by atoms with van der Waals surface area (Å²) in [4.78, 5) is 24.4. The second kappa shape index (κ2) is 6.50. The number of benzene rings is 2. The molecule has 3 rings (SSSR count). The van der Waals surface area contributed by atoms with Gasteiger partial charge in [0.2, 0.25) is 0 Å². The maximum Gasteiger partial charge on any atom is 0.276 e. The van der Waals surface area contributed by atoms with Gasteiger partial charge in [0.1, 0.15) is 5.82 Å². The van der Waals surface area contributed by atoms with Gasteiger partial charge in [-0.05, 0) is 24.3 Å². The van der Waals surface area contributed by atoms with E-state index in [1.165, 1.54) is 36.4 Å². The number of nitro benzene ring substituents is 1. The van der Waals surface area contributed by atoms with Crippen LogP contribution in [-0.2, 0) is 4.79 Å². The van der Waals surface area contributed by atoms with Gasteiger partial charge in [0.05, 0.1) is 21.1 Å². The van der Waals surface area contributed by atoms with Crippen LogP contribution < -0.4 is 4.90 Å².